The molecule has 0 aliphatic carbocycles. The molecule has 0 aromatic heterocycles. The number of carbonyl (C=O) groups excluding carboxylic acids is 2. The Hall–Kier alpha value is -2.93. The smallest absolute Gasteiger partial charge is 0.338 e. The van der Waals surface area contributed by atoms with E-state index in [1.807, 2.05) is 4.90 Å². The summed E-state index contributed by atoms with van der Waals surface area (Å²) in [5.41, 5.74) is 1.03. The molecular weight excluding hydrogens is 363 g/mol. The summed E-state index contributed by atoms with van der Waals surface area (Å²) in [7, 11) is 1.80. The molecular formula is C21H25FN2O4. The van der Waals surface area contributed by atoms with Crippen molar-refractivity contribution in [1.29, 1.82) is 0 Å². The summed E-state index contributed by atoms with van der Waals surface area (Å²) >= 11 is 0. The number of carbonyl (C=O) groups is 2. The summed E-state index contributed by atoms with van der Waals surface area (Å²) in [5.74, 6) is -0.308. The predicted octanol–water partition coefficient (Wildman–Crippen LogP) is 3.34. The molecule has 0 spiro atoms. The van der Waals surface area contributed by atoms with Crippen molar-refractivity contribution >= 4 is 17.6 Å². The van der Waals surface area contributed by atoms with E-state index in [1.54, 1.807) is 57.3 Å². The topological polar surface area (TPSA) is 67.9 Å². The second-order valence-electron chi connectivity index (χ2n) is 6.62. The Labute approximate surface area is 164 Å². The van der Waals surface area contributed by atoms with E-state index < -0.39 is 5.97 Å². The van der Waals surface area contributed by atoms with E-state index in [0.29, 0.717) is 30.2 Å². The van der Waals surface area contributed by atoms with Crippen molar-refractivity contribution in [2.24, 2.45) is 0 Å². The lowest BCUT2D eigenvalue weighted by Gasteiger charge is -2.16. The molecule has 0 aliphatic rings. The number of likely N-dealkylation sites (N-methyl/N-ethyl adjacent to an activating group) is 1. The Morgan fingerprint density at radius 1 is 1.07 bits per heavy atom. The van der Waals surface area contributed by atoms with Crippen LogP contribution in [0.5, 0.6) is 5.75 Å². The minimum atomic E-state index is -0.395. The van der Waals surface area contributed by atoms with Crippen LogP contribution < -0.4 is 10.1 Å². The summed E-state index contributed by atoms with van der Waals surface area (Å²) in [6, 6.07) is 12.3. The van der Waals surface area contributed by atoms with Gasteiger partial charge in [0.25, 0.3) is 0 Å². The molecule has 0 saturated heterocycles. The van der Waals surface area contributed by atoms with Gasteiger partial charge in [-0.15, -0.1) is 0 Å². The van der Waals surface area contributed by atoms with Crippen LogP contribution >= 0.6 is 0 Å². The average Bonchev–Trinajstić information content (AvgIpc) is 2.63. The van der Waals surface area contributed by atoms with Crippen molar-refractivity contribution in [2.75, 3.05) is 32.1 Å². The first-order valence-corrected chi connectivity index (χ1v) is 9.01. The maximum Gasteiger partial charge on any atom is 0.338 e. The number of benzene rings is 2. The number of esters is 1. The van der Waals surface area contributed by atoms with E-state index in [2.05, 4.69) is 5.32 Å². The van der Waals surface area contributed by atoms with Gasteiger partial charge < -0.3 is 14.8 Å². The van der Waals surface area contributed by atoms with E-state index in [1.165, 1.54) is 12.1 Å². The van der Waals surface area contributed by atoms with Gasteiger partial charge in [0.15, 0.2) is 0 Å². The maximum atomic E-state index is 12.8. The third-order valence-electron chi connectivity index (χ3n) is 3.72. The monoisotopic (exact) mass is 388 g/mol. The summed E-state index contributed by atoms with van der Waals surface area (Å²) in [6.45, 7) is 4.66. The van der Waals surface area contributed by atoms with E-state index in [4.69, 9.17) is 9.47 Å². The van der Waals surface area contributed by atoms with Crippen LogP contribution in [0.3, 0.4) is 0 Å². The van der Waals surface area contributed by atoms with Gasteiger partial charge >= 0.3 is 5.97 Å². The number of anilines is 1. The maximum absolute atomic E-state index is 12.8. The fraction of sp³-hybridized carbons (Fsp3) is 0.333. The van der Waals surface area contributed by atoms with Gasteiger partial charge in [-0.05, 0) is 69.4 Å². The van der Waals surface area contributed by atoms with Crippen molar-refractivity contribution in [2.45, 2.75) is 20.0 Å². The fourth-order valence-corrected chi connectivity index (χ4v) is 2.35. The average molecular weight is 388 g/mol. The van der Waals surface area contributed by atoms with E-state index in [0.717, 1.165) is 0 Å². The second kappa shape index (κ2) is 10.4. The van der Waals surface area contributed by atoms with Crippen LogP contribution in [0.2, 0.25) is 0 Å². The number of hydrogen-bond acceptors (Lipinski definition) is 5. The van der Waals surface area contributed by atoms with Gasteiger partial charge in [-0.1, -0.05) is 0 Å². The molecule has 0 radical (unpaired) electrons. The summed E-state index contributed by atoms with van der Waals surface area (Å²) in [5, 5.41) is 2.78. The van der Waals surface area contributed by atoms with Crippen molar-refractivity contribution in [3.63, 3.8) is 0 Å². The zero-order chi connectivity index (χ0) is 20.5. The predicted molar refractivity (Wildman–Crippen MR) is 105 cm³/mol. The van der Waals surface area contributed by atoms with Crippen LogP contribution in [0, 0.1) is 5.82 Å². The minimum Gasteiger partial charge on any atom is -0.492 e. The van der Waals surface area contributed by atoms with Crippen molar-refractivity contribution in [3.8, 4) is 5.75 Å². The van der Waals surface area contributed by atoms with Crippen molar-refractivity contribution < 1.29 is 23.5 Å². The van der Waals surface area contributed by atoms with Crippen molar-refractivity contribution in [1.82, 2.24) is 4.90 Å². The highest BCUT2D eigenvalue weighted by atomic mass is 19.1. The molecule has 2 rings (SSSR count). The highest BCUT2D eigenvalue weighted by Crippen LogP contribution is 2.12. The largest absolute Gasteiger partial charge is 0.492 e. The molecule has 6 nitrogen and oxygen atoms in total. The molecule has 2 aromatic carbocycles. The number of nitrogens with one attached hydrogen (secondary N) is 1. The number of amides is 1. The first-order chi connectivity index (χ1) is 13.3. The third-order valence-corrected chi connectivity index (χ3v) is 3.72. The quantitative estimate of drug-likeness (QED) is 0.668. The normalized spacial score (nSPS) is 10.8. The molecule has 0 fully saturated rings. The zero-order valence-electron chi connectivity index (χ0n) is 16.3. The SMILES string of the molecule is CC(C)OC(=O)c1ccc(NC(=O)CN(C)CCOc2ccc(F)cc2)cc1. The van der Waals surface area contributed by atoms with E-state index in [9.17, 15) is 14.0 Å². The van der Waals surface area contributed by atoms with Gasteiger partial charge in [-0.2, -0.15) is 0 Å². The van der Waals surface area contributed by atoms with Crippen LogP contribution in [0.1, 0.15) is 24.2 Å². The highest BCUT2D eigenvalue weighted by Gasteiger charge is 2.10. The van der Waals surface area contributed by atoms with Crippen LogP contribution in [0.15, 0.2) is 48.5 Å². The van der Waals surface area contributed by atoms with Gasteiger partial charge in [-0.25, -0.2) is 9.18 Å². The lowest BCUT2D eigenvalue weighted by molar-refractivity contribution is -0.117. The molecule has 2 aromatic rings. The Kier molecular flexibility index (Phi) is 7.95. The fourth-order valence-electron chi connectivity index (χ4n) is 2.35. The standard InChI is InChI=1S/C21H25FN2O4/c1-15(2)28-21(26)16-4-8-18(9-5-16)23-20(25)14-24(3)12-13-27-19-10-6-17(22)7-11-19/h4-11,15H,12-14H2,1-3H3,(H,23,25). The Morgan fingerprint density at radius 2 is 1.71 bits per heavy atom. The molecule has 0 heterocycles. The lowest BCUT2D eigenvalue weighted by Crippen LogP contribution is -2.33. The van der Waals surface area contributed by atoms with Crippen LogP contribution in [0.25, 0.3) is 0 Å². The van der Waals surface area contributed by atoms with E-state index in [-0.39, 0.29) is 24.4 Å². The molecule has 150 valence electrons. The number of nitrogens with zero attached hydrogens (tertiary/aromatic N) is 1. The molecule has 0 unspecified atom stereocenters. The number of ether oxygens (including phenoxy) is 2. The molecule has 0 aliphatic heterocycles. The number of halogens is 1. The molecule has 28 heavy (non-hydrogen) atoms. The lowest BCUT2D eigenvalue weighted by atomic mass is 10.2. The molecule has 1 amide bonds. The van der Waals surface area contributed by atoms with Gasteiger partial charge in [-0.3, -0.25) is 9.69 Å². The summed E-state index contributed by atoms with van der Waals surface area (Å²) in [6.07, 6.45) is -0.186. The molecule has 0 bridgehead atoms. The van der Waals surface area contributed by atoms with Crippen molar-refractivity contribution in [3.05, 3.63) is 59.9 Å². The van der Waals surface area contributed by atoms with Gasteiger partial charge in [0.2, 0.25) is 5.91 Å². The Balaban J connectivity index is 1.73. The summed E-state index contributed by atoms with van der Waals surface area (Å²) in [4.78, 5) is 25.8. The van der Waals surface area contributed by atoms with E-state index >= 15 is 0 Å². The second-order valence-corrected chi connectivity index (χ2v) is 6.62. The third kappa shape index (κ3) is 7.36. The Bertz CT molecular complexity index is 776. The molecule has 1 N–H and O–H groups in total. The first-order valence-electron chi connectivity index (χ1n) is 9.01. The van der Waals surface area contributed by atoms with Crippen LogP contribution in [-0.2, 0) is 9.53 Å². The van der Waals surface area contributed by atoms with Crippen LogP contribution in [0.4, 0.5) is 10.1 Å². The molecule has 7 heteroatoms. The molecule has 0 saturated carbocycles. The number of hydrogen-bond donors (Lipinski definition) is 1. The van der Waals surface area contributed by atoms with Gasteiger partial charge in [0.1, 0.15) is 18.2 Å². The Morgan fingerprint density at radius 3 is 2.32 bits per heavy atom. The van der Waals surface area contributed by atoms with Gasteiger partial charge in [0, 0.05) is 12.2 Å². The molecule has 0 atom stereocenters. The summed E-state index contributed by atoms with van der Waals surface area (Å²) < 4.78 is 23.5. The minimum absolute atomic E-state index is 0.179. The van der Waals surface area contributed by atoms with Crippen LogP contribution in [-0.4, -0.2) is 49.6 Å². The zero-order valence-corrected chi connectivity index (χ0v) is 16.3. The van der Waals surface area contributed by atoms with Gasteiger partial charge in [0.05, 0.1) is 18.2 Å². The highest BCUT2D eigenvalue weighted by molar-refractivity contribution is 5.94. The first kappa shape index (κ1) is 21.4. The number of rotatable bonds is 9.